The molecule has 1 aliphatic rings. The van der Waals surface area contributed by atoms with E-state index in [1.54, 1.807) is 17.6 Å². The third kappa shape index (κ3) is 3.80. The minimum Gasteiger partial charge on any atom is -0.487 e. The number of hydrogen-bond donors (Lipinski definition) is 0. The van der Waals surface area contributed by atoms with Crippen molar-refractivity contribution in [1.29, 1.82) is 0 Å². The first kappa shape index (κ1) is 18.7. The molecule has 1 atom stereocenters. The fourth-order valence-electron chi connectivity index (χ4n) is 3.33. The van der Waals surface area contributed by atoms with E-state index in [-0.39, 0.29) is 6.04 Å². The first-order valence-electron chi connectivity index (χ1n) is 8.92. The van der Waals surface area contributed by atoms with Crippen molar-refractivity contribution in [2.24, 2.45) is 0 Å². The lowest BCUT2D eigenvalue weighted by atomic mass is 9.99. The Balaban J connectivity index is 1.60. The van der Waals surface area contributed by atoms with Crippen LogP contribution in [0.1, 0.15) is 29.9 Å². The maximum atomic E-state index is 12.5. The van der Waals surface area contributed by atoms with Crippen molar-refractivity contribution in [2.75, 3.05) is 18.1 Å². The molecule has 4 heterocycles. The Morgan fingerprint density at radius 3 is 2.89 bits per heavy atom. The highest BCUT2D eigenvalue weighted by atomic mass is 32.1. The Labute approximate surface area is 165 Å². The number of thiazole rings is 1. The van der Waals surface area contributed by atoms with Crippen molar-refractivity contribution < 1.29 is 13.5 Å². The van der Waals surface area contributed by atoms with Gasteiger partial charge in [0.05, 0.1) is 17.2 Å². The molecule has 0 amide bonds. The predicted molar refractivity (Wildman–Crippen MR) is 103 cm³/mol. The zero-order valence-corrected chi connectivity index (χ0v) is 16.3. The van der Waals surface area contributed by atoms with Crippen LogP contribution in [0.25, 0.3) is 11.5 Å². The average Bonchev–Trinajstić information content (AvgIpc) is 3.21. The standard InChI is InChI=1S/C19H19F2N5OS/c1-11-5-13(27-8-17(20)21)6-18(24-11)26-4-3-15-14(12(26)2)7-22-19(25-15)16-9-28-10-23-16/h5-7,9-10,12,17H,3-4,8H2,1-2H3. The van der Waals surface area contributed by atoms with E-state index in [1.807, 2.05) is 18.5 Å². The summed E-state index contributed by atoms with van der Waals surface area (Å²) in [6.45, 7) is 3.97. The number of aryl methyl sites for hydroxylation is 1. The van der Waals surface area contributed by atoms with E-state index in [4.69, 9.17) is 9.72 Å². The van der Waals surface area contributed by atoms with E-state index in [2.05, 4.69) is 26.8 Å². The largest absolute Gasteiger partial charge is 0.487 e. The Hall–Kier alpha value is -2.68. The molecule has 0 bridgehead atoms. The second-order valence-corrected chi connectivity index (χ2v) is 7.31. The maximum absolute atomic E-state index is 12.5. The molecule has 9 heteroatoms. The molecule has 0 N–H and O–H groups in total. The second kappa shape index (κ2) is 7.75. The zero-order valence-electron chi connectivity index (χ0n) is 15.5. The molecule has 0 aromatic carbocycles. The van der Waals surface area contributed by atoms with E-state index < -0.39 is 13.0 Å². The summed E-state index contributed by atoms with van der Waals surface area (Å²) < 4.78 is 30.1. The highest BCUT2D eigenvalue weighted by Gasteiger charge is 2.27. The van der Waals surface area contributed by atoms with Gasteiger partial charge in [0.25, 0.3) is 6.43 Å². The predicted octanol–water partition coefficient (Wildman–Crippen LogP) is 4.07. The maximum Gasteiger partial charge on any atom is 0.272 e. The summed E-state index contributed by atoms with van der Waals surface area (Å²) in [5.41, 5.74) is 5.30. The fourth-order valence-corrected chi connectivity index (χ4v) is 3.86. The average molecular weight is 403 g/mol. The van der Waals surface area contributed by atoms with E-state index in [9.17, 15) is 8.78 Å². The van der Waals surface area contributed by atoms with Crippen molar-refractivity contribution in [3.8, 4) is 17.3 Å². The molecule has 0 spiro atoms. The van der Waals surface area contributed by atoms with E-state index >= 15 is 0 Å². The van der Waals surface area contributed by atoms with Crippen LogP contribution in [0.15, 0.2) is 29.2 Å². The molecular formula is C19H19F2N5OS. The smallest absolute Gasteiger partial charge is 0.272 e. The Morgan fingerprint density at radius 2 is 2.14 bits per heavy atom. The van der Waals surface area contributed by atoms with Gasteiger partial charge in [-0.25, -0.2) is 28.7 Å². The van der Waals surface area contributed by atoms with Crippen molar-refractivity contribution in [3.63, 3.8) is 0 Å². The summed E-state index contributed by atoms with van der Waals surface area (Å²) in [6, 6.07) is 3.38. The molecule has 0 aliphatic carbocycles. The van der Waals surface area contributed by atoms with Crippen LogP contribution in [0, 0.1) is 6.92 Å². The van der Waals surface area contributed by atoms with Crippen LogP contribution in [0.3, 0.4) is 0 Å². The van der Waals surface area contributed by atoms with Crippen LogP contribution >= 0.6 is 11.3 Å². The number of hydrogen-bond acceptors (Lipinski definition) is 7. The first-order valence-corrected chi connectivity index (χ1v) is 9.86. The Bertz CT molecular complexity index is 967. The Kier molecular flexibility index (Phi) is 5.17. The van der Waals surface area contributed by atoms with E-state index in [0.29, 0.717) is 23.9 Å². The summed E-state index contributed by atoms with van der Waals surface area (Å²) in [7, 11) is 0. The number of anilines is 1. The second-order valence-electron chi connectivity index (χ2n) is 6.59. The number of ether oxygens (including phenoxy) is 1. The van der Waals surface area contributed by atoms with Gasteiger partial charge in [0.15, 0.2) is 5.82 Å². The summed E-state index contributed by atoms with van der Waals surface area (Å²) in [5, 5.41) is 1.93. The summed E-state index contributed by atoms with van der Waals surface area (Å²) in [5.74, 6) is 1.74. The molecule has 0 saturated heterocycles. The zero-order chi connectivity index (χ0) is 19.7. The van der Waals surface area contributed by atoms with Gasteiger partial charge in [-0.3, -0.25) is 0 Å². The number of aromatic nitrogens is 4. The number of halogens is 2. The molecule has 3 aromatic heterocycles. The third-order valence-electron chi connectivity index (χ3n) is 4.65. The number of nitrogens with zero attached hydrogens (tertiary/aromatic N) is 5. The van der Waals surface area contributed by atoms with Crippen LogP contribution in [0.5, 0.6) is 5.75 Å². The molecule has 1 aliphatic heterocycles. The monoisotopic (exact) mass is 403 g/mol. The molecule has 3 aromatic rings. The first-order chi connectivity index (χ1) is 13.5. The molecular weight excluding hydrogens is 384 g/mol. The topological polar surface area (TPSA) is 64.0 Å². The molecule has 28 heavy (non-hydrogen) atoms. The number of pyridine rings is 1. The SMILES string of the molecule is Cc1cc(OCC(F)F)cc(N2CCc3nc(-c4cscn4)ncc3C2C)n1. The van der Waals surface area contributed by atoms with Crippen molar-refractivity contribution >= 4 is 17.2 Å². The molecule has 0 radical (unpaired) electrons. The molecule has 6 nitrogen and oxygen atoms in total. The van der Waals surface area contributed by atoms with Gasteiger partial charge in [-0.1, -0.05) is 0 Å². The van der Waals surface area contributed by atoms with Crippen LogP contribution < -0.4 is 9.64 Å². The van der Waals surface area contributed by atoms with E-state index in [0.717, 1.165) is 29.1 Å². The minimum atomic E-state index is -2.51. The molecule has 146 valence electrons. The van der Waals surface area contributed by atoms with Crippen LogP contribution in [0.4, 0.5) is 14.6 Å². The van der Waals surface area contributed by atoms with Crippen molar-refractivity contribution in [1.82, 2.24) is 19.9 Å². The fraction of sp³-hybridized carbons (Fsp3) is 0.368. The lowest BCUT2D eigenvalue weighted by Crippen LogP contribution is -2.35. The highest BCUT2D eigenvalue weighted by Crippen LogP contribution is 2.34. The molecule has 1 unspecified atom stereocenters. The van der Waals surface area contributed by atoms with Gasteiger partial charge in [0, 0.05) is 47.9 Å². The lowest BCUT2D eigenvalue weighted by molar-refractivity contribution is 0.0818. The summed E-state index contributed by atoms with van der Waals surface area (Å²) in [6.07, 6.45) is 0.0711. The minimum absolute atomic E-state index is 0.00508. The van der Waals surface area contributed by atoms with Crippen molar-refractivity contribution in [2.45, 2.75) is 32.7 Å². The van der Waals surface area contributed by atoms with Crippen LogP contribution in [-0.2, 0) is 6.42 Å². The van der Waals surface area contributed by atoms with Crippen molar-refractivity contribution in [3.05, 3.63) is 46.2 Å². The number of rotatable bonds is 5. The third-order valence-corrected chi connectivity index (χ3v) is 5.24. The van der Waals surface area contributed by atoms with Gasteiger partial charge in [0.1, 0.15) is 23.9 Å². The number of fused-ring (bicyclic) bond motifs is 1. The van der Waals surface area contributed by atoms with Gasteiger partial charge in [0.2, 0.25) is 0 Å². The quantitative estimate of drug-likeness (QED) is 0.640. The van der Waals surface area contributed by atoms with Gasteiger partial charge in [-0.2, -0.15) is 0 Å². The molecule has 4 rings (SSSR count). The van der Waals surface area contributed by atoms with Crippen LogP contribution in [0.2, 0.25) is 0 Å². The Morgan fingerprint density at radius 1 is 1.29 bits per heavy atom. The highest BCUT2D eigenvalue weighted by molar-refractivity contribution is 7.07. The molecule has 0 fully saturated rings. The van der Waals surface area contributed by atoms with Gasteiger partial charge < -0.3 is 9.64 Å². The normalized spacial score (nSPS) is 16.3. The van der Waals surface area contributed by atoms with Gasteiger partial charge >= 0.3 is 0 Å². The summed E-state index contributed by atoms with van der Waals surface area (Å²) >= 11 is 1.51. The lowest BCUT2D eigenvalue weighted by Gasteiger charge is -2.35. The van der Waals surface area contributed by atoms with Crippen LogP contribution in [-0.4, -0.2) is 39.5 Å². The molecule has 0 saturated carbocycles. The van der Waals surface area contributed by atoms with E-state index in [1.165, 1.54) is 11.3 Å². The summed E-state index contributed by atoms with van der Waals surface area (Å²) in [4.78, 5) is 20.1. The van der Waals surface area contributed by atoms with Gasteiger partial charge in [-0.15, -0.1) is 11.3 Å². The van der Waals surface area contributed by atoms with Gasteiger partial charge in [-0.05, 0) is 13.8 Å². The number of alkyl halides is 2.